The molecule has 0 saturated carbocycles. The zero-order valence-corrected chi connectivity index (χ0v) is 19.9. The summed E-state index contributed by atoms with van der Waals surface area (Å²) in [7, 11) is 0. The van der Waals surface area contributed by atoms with Crippen molar-refractivity contribution in [3.8, 4) is 11.3 Å². The van der Waals surface area contributed by atoms with Crippen LogP contribution in [-0.4, -0.2) is 25.5 Å². The summed E-state index contributed by atoms with van der Waals surface area (Å²) in [6.07, 6.45) is 3.94. The van der Waals surface area contributed by atoms with Crippen molar-refractivity contribution in [2.45, 2.75) is 33.7 Å². The minimum absolute atomic E-state index is 0.200. The van der Waals surface area contributed by atoms with Gasteiger partial charge in [-0.2, -0.15) is 9.83 Å². The average Bonchev–Trinajstić information content (AvgIpc) is 3.30. The van der Waals surface area contributed by atoms with E-state index in [-0.39, 0.29) is 11.5 Å². The number of para-hydroxylation sites is 1. The van der Waals surface area contributed by atoms with Crippen LogP contribution >= 0.6 is 0 Å². The lowest BCUT2D eigenvalue weighted by atomic mass is 9.98. The van der Waals surface area contributed by atoms with Crippen LogP contribution in [0, 0.1) is 5.41 Å². The highest BCUT2D eigenvalue weighted by atomic mass is 16.7. The minimum Gasteiger partial charge on any atom is -0.336 e. The molecule has 7 heteroatoms. The van der Waals surface area contributed by atoms with E-state index in [1.54, 1.807) is 39.2 Å². The summed E-state index contributed by atoms with van der Waals surface area (Å²) in [5.74, 6) is -0.364. The normalized spacial score (nSPS) is 11.7. The summed E-state index contributed by atoms with van der Waals surface area (Å²) in [6.45, 7) is 5.79. The zero-order chi connectivity index (χ0) is 24.6. The molecule has 7 nitrogen and oxygen atoms in total. The molecule has 0 saturated heterocycles. The van der Waals surface area contributed by atoms with Gasteiger partial charge in [-0.1, -0.05) is 42.5 Å². The van der Waals surface area contributed by atoms with Crippen LogP contribution in [0.5, 0.6) is 0 Å². The van der Waals surface area contributed by atoms with E-state index in [9.17, 15) is 9.59 Å². The first-order chi connectivity index (χ1) is 16.8. The minimum atomic E-state index is -0.659. The molecule has 0 N–H and O–H groups in total. The van der Waals surface area contributed by atoms with Crippen molar-refractivity contribution in [3.05, 3.63) is 95.2 Å². The summed E-state index contributed by atoms with van der Waals surface area (Å²) in [4.78, 5) is 36.3. The molecule has 0 fully saturated rings. The van der Waals surface area contributed by atoms with Crippen molar-refractivity contribution in [3.63, 3.8) is 0 Å². The molecule has 0 aliphatic heterocycles. The lowest BCUT2D eigenvalue weighted by Gasteiger charge is -2.18. The van der Waals surface area contributed by atoms with E-state index in [2.05, 4.69) is 5.10 Å². The average molecular weight is 467 g/mol. The van der Waals surface area contributed by atoms with Crippen LogP contribution in [0.2, 0.25) is 0 Å². The predicted molar refractivity (Wildman–Crippen MR) is 136 cm³/mol. The van der Waals surface area contributed by atoms with E-state index < -0.39 is 5.41 Å². The molecular weight excluding hydrogens is 440 g/mol. The van der Waals surface area contributed by atoms with Crippen LogP contribution in [-0.2, 0) is 17.8 Å². The number of hydrogen-bond acceptors (Lipinski definition) is 5. The molecule has 2 aromatic carbocycles. The first kappa shape index (κ1) is 22.5. The first-order valence-electron chi connectivity index (χ1n) is 11.6. The van der Waals surface area contributed by atoms with E-state index in [1.807, 2.05) is 60.7 Å². The van der Waals surface area contributed by atoms with Gasteiger partial charge < -0.3 is 4.84 Å². The molecule has 5 rings (SSSR count). The van der Waals surface area contributed by atoms with Gasteiger partial charge in [0.1, 0.15) is 0 Å². The largest absolute Gasteiger partial charge is 0.338 e. The van der Waals surface area contributed by atoms with Gasteiger partial charge in [-0.3, -0.25) is 9.78 Å². The van der Waals surface area contributed by atoms with Gasteiger partial charge in [-0.15, -0.1) is 0 Å². The van der Waals surface area contributed by atoms with Crippen LogP contribution in [0.3, 0.4) is 0 Å². The molecule has 0 aliphatic rings. The number of benzene rings is 2. The first-order valence-corrected chi connectivity index (χ1v) is 11.6. The Hall–Kier alpha value is -4.26. The number of nitrogens with zero attached hydrogens (tertiary/aromatic N) is 4. The van der Waals surface area contributed by atoms with Gasteiger partial charge in [0.25, 0.3) is 5.56 Å². The number of aryl methyl sites for hydroxylation is 2. The Balaban J connectivity index is 1.49. The fourth-order valence-corrected chi connectivity index (χ4v) is 3.95. The Kier molecular flexibility index (Phi) is 5.68. The lowest BCUT2D eigenvalue weighted by Crippen LogP contribution is -2.31. The molecule has 3 heterocycles. The van der Waals surface area contributed by atoms with Gasteiger partial charge in [0.15, 0.2) is 0 Å². The molecule has 0 bridgehead atoms. The van der Waals surface area contributed by atoms with Crippen molar-refractivity contribution in [1.29, 1.82) is 0 Å². The van der Waals surface area contributed by atoms with E-state index >= 15 is 0 Å². The summed E-state index contributed by atoms with van der Waals surface area (Å²) in [6, 6.07) is 21.2. The van der Waals surface area contributed by atoms with Crippen LogP contribution in [0.1, 0.15) is 26.5 Å². The van der Waals surface area contributed by atoms with Crippen molar-refractivity contribution in [2.75, 3.05) is 0 Å². The van der Waals surface area contributed by atoms with Crippen LogP contribution in [0.15, 0.2) is 83.9 Å². The third-order valence-corrected chi connectivity index (χ3v) is 5.90. The van der Waals surface area contributed by atoms with Gasteiger partial charge in [-0.25, -0.2) is 9.48 Å². The van der Waals surface area contributed by atoms with Gasteiger partial charge in [0.05, 0.1) is 34.8 Å². The van der Waals surface area contributed by atoms with Crippen molar-refractivity contribution < 1.29 is 9.63 Å². The highest BCUT2D eigenvalue weighted by Crippen LogP contribution is 2.27. The van der Waals surface area contributed by atoms with Gasteiger partial charge >= 0.3 is 5.97 Å². The fourth-order valence-electron chi connectivity index (χ4n) is 3.95. The topological polar surface area (TPSA) is 79.0 Å². The number of hydrogen-bond donors (Lipinski definition) is 0. The van der Waals surface area contributed by atoms with Crippen LogP contribution in [0.25, 0.3) is 32.9 Å². The van der Waals surface area contributed by atoms with E-state index in [0.717, 1.165) is 22.0 Å². The van der Waals surface area contributed by atoms with Gasteiger partial charge in [-0.05, 0) is 45.0 Å². The van der Waals surface area contributed by atoms with Gasteiger partial charge in [0.2, 0.25) is 0 Å². The second kappa shape index (κ2) is 8.83. The molecule has 0 radical (unpaired) electrons. The Morgan fingerprint density at radius 3 is 2.57 bits per heavy atom. The number of pyridine rings is 1. The molecular formula is C28H26N4O3. The molecule has 3 aromatic heterocycles. The summed E-state index contributed by atoms with van der Waals surface area (Å²) < 4.78 is 2.89. The van der Waals surface area contributed by atoms with Crippen LogP contribution in [0.4, 0.5) is 0 Å². The summed E-state index contributed by atoms with van der Waals surface area (Å²) in [5.41, 5.74) is 2.27. The summed E-state index contributed by atoms with van der Waals surface area (Å²) >= 11 is 0. The Morgan fingerprint density at radius 2 is 1.74 bits per heavy atom. The lowest BCUT2D eigenvalue weighted by molar-refractivity contribution is -0.153. The molecule has 0 aliphatic carbocycles. The van der Waals surface area contributed by atoms with Gasteiger partial charge in [0, 0.05) is 34.6 Å². The van der Waals surface area contributed by atoms with E-state index in [0.29, 0.717) is 29.6 Å². The fraction of sp³-hybridized carbons (Fsp3) is 0.214. The maximum atomic E-state index is 13.5. The SMILES string of the molecule is CC(C)(C)C(=O)On1cccc1-c1cccc2cnn(CCc3ccc4ccccc4n3)c(=O)c12. The van der Waals surface area contributed by atoms with Crippen molar-refractivity contribution in [2.24, 2.45) is 5.41 Å². The third kappa shape index (κ3) is 4.45. The molecule has 0 unspecified atom stereocenters. The monoisotopic (exact) mass is 466 g/mol. The highest BCUT2D eigenvalue weighted by molar-refractivity contribution is 5.95. The maximum Gasteiger partial charge on any atom is 0.338 e. The second-order valence-corrected chi connectivity index (χ2v) is 9.54. The second-order valence-electron chi connectivity index (χ2n) is 9.54. The van der Waals surface area contributed by atoms with E-state index in [1.165, 1.54) is 9.41 Å². The number of fused-ring (bicyclic) bond motifs is 2. The number of carbonyl (C=O) groups excluding carboxylic acids is 1. The Morgan fingerprint density at radius 1 is 0.943 bits per heavy atom. The molecule has 176 valence electrons. The predicted octanol–water partition coefficient (Wildman–Crippen LogP) is 4.66. The molecule has 35 heavy (non-hydrogen) atoms. The standard InChI is InChI=1S/C28H26N4O3/c1-28(2,3)27(34)35-32-16-7-12-24(32)22-10-6-9-20-18-29-31(26(33)25(20)22)17-15-21-14-13-19-8-4-5-11-23(19)30-21/h4-14,16,18H,15,17H2,1-3H3. The molecule has 5 aromatic rings. The number of carbonyl (C=O) groups is 1. The number of rotatable bonds is 5. The Bertz CT molecular complexity index is 1610. The molecule has 0 amide bonds. The maximum absolute atomic E-state index is 13.5. The van der Waals surface area contributed by atoms with Crippen molar-refractivity contribution in [1.82, 2.24) is 19.5 Å². The van der Waals surface area contributed by atoms with Crippen molar-refractivity contribution >= 4 is 27.6 Å². The third-order valence-electron chi connectivity index (χ3n) is 5.90. The quantitative estimate of drug-likeness (QED) is 0.377. The van der Waals surface area contributed by atoms with Crippen LogP contribution < -0.4 is 10.4 Å². The molecule has 0 atom stereocenters. The number of aromatic nitrogens is 4. The highest BCUT2D eigenvalue weighted by Gasteiger charge is 2.25. The zero-order valence-electron chi connectivity index (χ0n) is 19.9. The molecule has 0 spiro atoms. The smallest absolute Gasteiger partial charge is 0.336 e. The summed E-state index contributed by atoms with van der Waals surface area (Å²) in [5, 5.41) is 6.73. The Labute approximate surface area is 202 Å². The van der Waals surface area contributed by atoms with E-state index in [4.69, 9.17) is 9.82 Å².